The summed E-state index contributed by atoms with van der Waals surface area (Å²) >= 11 is 5.75. The quantitative estimate of drug-likeness (QED) is 0.636. The van der Waals surface area contributed by atoms with Gasteiger partial charge in [-0.3, -0.25) is 4.79 Å². The van der Waals surface area contributed by atoms with Crippen LogP contribution < -0.4 is 11.1 Å². The summed E-state index contributed by atoms with van der Waals surface area (Å²) in [6, 6.07) is 6.47. The number of carbonyl (C=O) groups is 2. The molecule has 3 N–H and O–H groups in total. The number of carbonyl (C=O) groups excluding carboxylic acids is 2. The summed E-state index contributed by atoms with van der Waals surface area (Å²) < 4.78 is 4.92. The van der Waals surface area contributed by atoms with E-state index in [1.165, 1.54) is 18.2 Å². The molecule has 0 radical (unpaired) electrons. The smallest absolute Gasteiger partial charge is 0.340 e. The zero-order valence-electron chi connectivity index (χ0n) is 12.1. The largest absolute Gasteiger partial charge is 0.452 e. The number of nitrogen functional groups attached to an aromatic ring is 1. The number of hydrogen-bond donors (Lipinski definition) is 2. The number of amides is 1. The third-order valence-electron chi connectivity index (χ3n) is 3.59. The Labute approximate surface area is 133 Å². The van der Waals surface area contributed by atoms with Crippen molar-refractivity contribution >= 4 is 29.2 Å². The minimum absolute atomic E-state index is 0.141. The van der Waals surface area contributed by atoms with E-state index >= 15 is 0 Å². The lowest BCUT2D eigenvalue weighted by Crippen LogP contribution is -2.48. The van der Waals surface area contributed by atoms with E-state index in [1.807, 2.05) is 0 Å². The minimum Gasteiger partial charge on any atom is -0.452 e. The number of nitrogens with two attached hydrogens (primary N) is 1. The van der Waals surface area contributed by atoms with E-state index in [4.69, 9.17) is 27.3 Å². The van der Waals surface area contributed by atoms with Gasteiger partial charge in [-0.2, -0.15) is 5.26 Å². The fraction of sp³-hybridized carbons (Fsp3) is 0.400. The van der Waals surface area contributed by atoms with E-state index in [0.717, 1.165) is 12.8 Å². The molecule has 1 atom stereocenters. The number of hydrogen-bond acceptors (Lipinski definition) is 5. The van der Waals surface area contributed by atoms with Gasteiger partial charge in [0.1, 0.15) is 5.54 Å². The van der Waals surface area contributed by atoms with Crippen LogP contribution in [0.4, 0.5) is 5.69 Å². The zero-order chi connectivity index (χ0) is 16.3. The first kappa shape index (κ1) is 16.1. The molecule has 1 fully saturated rings. The molecular weight excluding hydrogens is 306 g/mol. The zero-order valence-corrected chi connectivity index (χ0v) is 12.8. The molecule has 1 aliphatic carbocycles. The van der Waals surface area contributed by atoms with Crippen LogP contribution in [-0.4, -0.2) is 24.0 Å². The van der Waals surface area contributed by atoms with Crippen LogP contribution in [0.1, 0.15) is 30.1 Å². The summed E-state index contributed by atoms with van der Waals surface area (Å²) in [5.41, 5.74) is 5.08. The Morgan fingerprint density at radius 1 is 1.55 bits per heavy atom. The van der Waals surface area contributed by atoms with Gasteiger partial charge in [-0.25, -0.2) is 4.79 Å². The van der Waals surface area contributed by atoms with Crippen molar-refractivity contribution in [3.8, 4) is 6.07 Å². The van der Waals surface area contributed by atoms with Gasteiger partial charge in [0.2, 0.25) is 0 Å². The van der Waals surface area contributed by atoms with Gasteiger partial charge in [0.25, 0.3) is 5.91 Å². The number of halogens is 1. The van der Waals surface area contributed by atoms with Crippen LogP contribution in [0.25, 0.3) is 0 Å². The average molecular weight is 322 g/mol. The third kappa shape index (κ3) is 3.68. The van der Waals surface area contributed by atoms with Gasteiger partial charge in [-0.05, 0) is 43.9 Å². The number of ether oxygens (including phenoxy) is 1. The molecule has 7 heteroatoms. The van der Waals surface area contributed by atoms with E-state index in [0.29, 0.717) is 5.02 Å². The maximum absolute atomic E-state index is 11.9. The number of anilines is 1. The Bertz CT molecular complexity index is 652. The second-order valence-corrected chi connectivity index (χ2v) is 5.88. The first-order valence-corrected chi connectivity index (χ1v) is 7.18. The van der Waals surface area contributed by atoms with Gasteiger partial charge in [0.15, 0.2) is 6.61 Å². The van der Waals surface area contributed by atoms with E-state index < -0.39 is 24.0 Å². The minimum atomic E-state index is -0.914. The maximum atomic E-state index is 11.9. The molecule has 0 unspecified atom stereocenters. The molecule has 2 rings (SSSR count). The van der Waals surface area contributed by atoms with Gasteiger partial charge >= 0.3 is 5.97 Å². The fourth-order valence-electron chi connectivity index (χ4n) is 2.14. The Morgan fingerprint density at radius 2 is 2.23 bits per heavy atom. The van der Waals surface area contributed by atoms with Crippen molar-refractivity contribution in [3.63, 3.8) is 0 Å². The topological polar surface area (TPSA) is 105 Å². The maximum Gasteiger partial charge on any atom is 0.340 e. The summed E-state index contributed by atoms with van der Waals surface area (Å²) in [6.45, 7) is 1.20. The number of nitriles is 1. The molecule has 0 saturated heterocycles. The second kappa shape index (κ2) is 6.24. The second-order valence-electron chi connectivity index (χ2n) is 5.44. The average Bonchev–Trinajstić information content (AvgIpc) is 3.29. The molecule has 1 aliphatic rings. The van der Waals surface area contributed by atoms with Crippen LogP contribution in [-0.2, 0) is 9.53 Å². The van der Waals surface area contributed by atoms with Crippen molar-refractivity contribution in [2.75, 3.05) is 12.3 Å². The van der Waals surface area contributed by atoms with Gasteiger partial charge in [0, 0.05) is 10.7 Å². The van der Waals surface area contributed by atoms with Gasteiger partial charge in [-0.15, -0.1) is 0 Å². The van der Waals surface area contributed by atoms with Crippen molar-refractivity contribution in [1.82, 2.24) is 5.32 Å². The Kier molecular flexibility index (Phi) is 4.57. The molecule has 1 aromatic carbocycles. The third-order valence-corrected chi connectivity index (χ3v) is 3.83. The normalized spacial score (nSPS) is 16.2. The monoisotopic (exact) mass is 321 g/mol. The van der Waals surface area contributed by atoms with Gasteiger partial charge < -0.3 is 15.8 Å². The van der Waals surface area contributed by atoms with Crippen molar-refractivity contribution in [2.24, 2.45) is 5.92 Å². The summed E-state index contributed by atoms with van der Waals surface area (Å²) in [6.07, 6.45) is 1.82. The molecule has 0 aliphatic heterocycles. The van der Waals surface area contributed by atoms with E-state index in [1.54, 1.807) is 6.92 Å². The van der Waals surface area contributed by atoms with Crippen LogP contribution in [0.15, 0.2) is 18.2 Å². The van der Waals surface area contributed by atoms with Crippen LogP contribution in [0.2, 0.25) is 5.02 Å². The van der Waals surface area contributed by atoms with Gasteiger partial charge in [-0.1, -0.05) is 11.6 Å². The first-order chi connectivity index (χ1) is 10.4. The van der Waals surface area contributed by atoms with Crippen molar-refractivity contribution in [2.45, 2.75) is 25.3 Å². The highest BCUT2D eigenvalue weighted by molar-refractivity contribution is 6.31. The van der Waals surface area contributed by atoms with Crippen LogP contribution in [0, 0.1) is 17.2 Å². The fourth-order valence-corrected chi connectivity index (χ4v) is 2.32. The predicted molar refractivity (Wildman–Crippen MR) is 81.0 cm³/mol. The summed E-state index contributed by atoms with van der Waals surface area (Å²) in [5.74, 6) is -1.07. The molecule has 1 saturated carbocycles. The summed E-state index contributed by atoms with van der Waals surface area (Å²) in [4.78, 5) is 23.7. The number of esters is 1. The first-order valence-electron chi connectivity index (χ1n) is 6.80. The van der Waals surface area contributed by atoms with Crippen LogP contribution >= 0.6 is 11.6 Å². The molecule has 0 bridgehead atoms. The van der Waals surface area contributed by atoms with Crippen LogP contribution in [0.5, 0.6) is 0 Å². The lowest BCUT2D eigenvalue weighted by Gasteiger charge is -2.22. The molecule has 0 heterocycles. The van der Waals surface area contributed by atoms with Crippen molar-refractivity contribution in [1.29, 1.82) is 5.26 Å². The lowest BCUT2D eigenvalue weighted by atomic mass is 9.98. The highest BCUT2D eigenvalue weighted by Gasteiger charge is 2.43. The summed E-state index contributed by atoms with van der Waals surface area (Å²) in [5, 5.41) is 12.2. The molecule has 6 nitrogen and oxygen atoms in total. The Morgan fingerprint density at radius 3 is 2.77 bits per heavy atom. The van der Waals surface area contributed by atoms with Crippen molar-refractivity contribution in [3.05, 3.63) is 28.8 Å². The molecule has 1 amide bonds. The Hall–Kier alpha value is -2.26. The molecular formula is C15H16ClN3O3. The summed E-state index contributed by atoms with van der Waals surface area (Å²) in [7, 11) is 0. The number of nitrogens with zero attached hydrogens (tertiary/aromatic N) is 1. The van der Waals surface area contributed by atoms with Crippen LogP contribution in [0.3, 0.4) is 0 Å². The van der Waals surface area contributed by atoms with E-state index in [2.05, 4.69) is 11.4 Å². The molecule has 0 spiro atoms. The molecule has 116 valence electrons. The number of nitrogens with one attached hydrogen (secondary N) is 1. The van der Waals surface area contributed by atoms with Gasteiger partial charge in [0.05, 0.1) is 11.6 Å². The Balaban J connectivity index is 1.91. The van der Waals surface area contributed by atoms with Crippen molar-refractivity contribution < 1.29 is 14.3 Å². The highest BCUT2D eigenvalue weighted by atomic mass is 35.5. The van der Waals surface area contributed by atoms with E-state index in [9.17, 15) is 9.59 Å². The molecule has 1 aromatic rings. The number of rotatable bonds is 5. The standard InChI is InChI=1S/C15H16ClN3O3/c1-15(8-17,9-2-3-9)19-13(20)7-22-14(21)11-5-4-10(16)6-12(11)18/h4-6,9H,2-3,7,18H2,1H3,(H,19,20)/t15-/m1/s1. The van der Waals surface area contributed by atoms with E-state index in [-0.39, 0.29) is 17.2 Å². The highest BCUT2D eigenvalue weighted by Crippen LogP contribution is 2.39. The number of benzene rings is 1. The SMILES string of the molecule is C[C@](C#N)(NC(=O)COC(=O)c1ccc(Cl)cc1N)C1CC1. The molecule has 22 heavy (non-hydrogen) atoms. The molecule has 0 aromatic heterocycles. The predicted octanol–water partition coefficient (Wildman–Crippen LogP) is 1.89. The lowest BCUT2D eigenvalue weighted by molar-refractivity contribution is -0.125.